The largest absolute Gasteiger partial charge is 0.470 e. The summed E-state index contributed by atoms with van der Waals surface area (Å²) in [6, 6.07) is -4.77. The number of nitrogens with zero attached hydrogens (tertiary/aromatic N) is 1. The van der Waals surface area contributed by atoms with Crippen molar-refractivity contribution in [2.75, 3.05) is 6.66 Å². The molecular weight excluding hydrogens is 266 g/mol. The molecule has 11 heteroatoms. The highest BCUT2D eigenvalue weighted by atomic mass is 31.2. The van der Waals surface area contributed by atoms with E-state index in [1.807, 2.05) is 0 Å². The predicted molar refractivity (Wildman–Crippen MR) is 48.6 cm³/mol. The van der Waals surface area contributed by atoms with E-state index in [2.05, 4.69) is 9.72 Å². The molecular formula is C3H7F5N3P3. The van der Waals surface area contributed by atoms with Gasteiger partial charge in [-0.15, -0.1) is 0 Å². The number of alkyl halides is 5. The van der Waals surface area contributed by atoms with Crippen LogP contribution in [0.1, 0.15) is 0 Å². The molecule has 0 amide bonds. The van der Waals surface area contributed by atoms with Crippen LogP contribution in [0.2, 0.25) is 0 Å². The van der Waals surface area contributed by atoms with Gasteiger partial charge in [-0.05, 0) is 6.66 Å². The maximum Gasteiger partial charge on any atom is 0.470 e. The Balaban J connectivity index is 2.79. The summed E-state index contributed by atoms with van der Waals surface area (Å²) in [6.45, 7) is 1.33. The van der Waals surface area contributed by atoms with Crippen molar-refractivity contribution in [3.63, 3.8) is 0 Å². The van der Waals surface area contributed by atoms with E-state index in [0.717, 1.165) is 0 Å². The standard InChI is InChI=1S/C3H7F5N3P3/c1-14-10-12-9-13-11(14)3(7,8)2(4,5)6/h9-10,12-13H,1H3. The van der Waals surface area contributed by atoms with Crippen molar-refractivity contribution in [1.29, 1.82) is 0 Å². The summed E-state index contributed by atoms with van der Waals surface area (Å²) < 4.78 is 61.6. The van der Waals surface area contributed by atoms with Crippen LogP contribution in [0.4, 0.5) is 22.0 Å². The van der Waals surface area contributed by atoms with Gasteiger partial charge in [0.2, 0.25) is 0 Å². The van der Waals surface area contributed by atoms with Gasteiger partial charge < -0.3 is 0 Å². The van der Waals surface area contributed by atoms with Crippen LogP contribution in [0.5, 0.6) is 0 Å². The molecule has 3 nitrogen and oxygen atoms in total. The van der Waals surface area contributed by atoms with E-state index >= 15 is 0 Å². The fourth-order valence-electron chi connectivity index (χ4n) is 0.693. The molecule has 2 N–H and O–H groups in total. The highest BCUT2D eigenvalue weighted by Crippen LogP contribution is 2.57. The van der Waals surface area contributed by atoms with Gasteiger partial charge in [0.1, 0.15) is 0 Å². The molecule has 0 spiro atoms. The molecule has 0 aromatic heterocycles. The van der Waals surface area contributed by atoms with Crippen molar-refractivity contribution in [3.8, 4) is 0 Å². The summed E-state index contributed by atoms with van der Waals surface area (Å²) in [5, 5.41) is 0. The van der Waals surface area contributed by atoms with Gasteiger partial charge in [0.05, 0.1) is 0 Å². The summed E-state index contributed by atoms with van der Waals surface area (Å²) in [4.78, 5) is 4.99. The Morgan fingerprint density at radius 2 is 1.79 bits per heavy atom. The van der Waals surface area contributed by atoms with Gasteiger partial charge in [0.25, 0.3) is 0 Å². The molecule has 3 atom stereocenters. The van der Waals surface area contributed by atoms with Crippen LogP contribution < -0.4 is 9.72 Å². The second-order valence-electron chi connectivity index (χ2n) is 2.35. The van der Waals surface area contributed by atoms with Gasteiger partial charge in [0.15, 0.2) is 0 Å². The average molecular weight is 273 g/mol. The molecule has 1 aliphatic rings. The molecule has 1 saturated heterocycles. The first-order valence-electron chi connectivity index (χ1n) is 3.26. The molecule has 3 unspecified atom stereocenters. The summed E-state index contributed by atoms with van der Waals surface area (Å²) >= 11 is 0. The highest BCUT2D eigenvalue weighted by Gasteiger charge is 2.63. The minimum Gasteiger partial charge on any atom is -0.253 e. The Labute approximate surface area is 81.8 Å². The van der Waals surface area contributed by atoms with E-state index in [0.29, 0.717) is 0 Å². The molecule has 0 radical (unpaired) electrons. The van der Waals surface area contributed by atoms with Gasteiger partial charge in [-0.1, -0.05) is 0 Å². The van der Waals surface area contributed by atoms with Gasteiger partial charge in [0, 0.05) is 26.0 Å². The molecule has 0 aromatic carbocycles. The maximum atomic E-state index is 12.8. The summed E-state index contributed by atoms with van der Waals surface area (Å²) in [5.74, 6) is 0. The minimum absolute atomic E-state index is 0.0293. The lowest BCUT2D eigenvalue weighted by Crippen LogP contribution is -2.48. The zero-order valence-electron chi connectivity index (χ0n) is 6.78. The lowest BCUT2D eigenvalue weighted by atomic mass is 10.6. The topological polar surface area (TPSA) is 27.3 Å². The fraction of sp³-hybridized carbons (Fsp3) is 1.00. The SMILES string of the molecule is CP1NPNPN1C(F)(F)C(F)(F)F. The molecule has 0 bridgehead atoms. The quantitative estimate of drug-likeness (QED) is 0.437. The second kappa shape index (κ2) is 4.36. The van der Waals surface area contributed by atoms with E-state index < -0.39 is 29.3 Å². The predicted octanol–water partition coefficient (Wildman–Crippen LogP) is 2.59. The Morgan fingerprint density at radius 3 is 2.21 bits per heavy atom. The zero-order valence-corrected chi connectivity index (χ0v) is 9.68. The first-order chi connectivity index (χ1) is 6.27. The third-order valence-corrected chi connectivity index (χ3v) is 6.58. The van der Waals surface area contributed by atoms with E-state index in [1.54, 1.807) is 0 Å². The smallest absolute Gasteiger partial charge is 0.253 e. The second-order valence-corrected chi connectivity index (χ2v) is 6.99. The molecule has 1 heterocycles. The van der Waals surface area contributed by atoms with Crippen LogP contribution in [-0.2, 0) is 0 Å². The van der Waals surface area contributed by atoms with E-state index in [9.17, 15) is 22.0 Å². The van der Waals surface area contributed by atoms with Crippen molar-refractivity contribution in [2.24, 2.45) is 0 Å². The van der Waals surface area contributed by atoms with Gasteiger partial charge in [-0.2, -0.15) is 26.4 Å². The molecule has 1 fully saturated rings. The third-order valence-electron chi connectivity index (χ3n) is 1.35. The fourth-order valence-corrected chi connectivity index (χ4v) is 5.37. The van der Waals surface area contributed by atoms with Crippen LogP contribution in [0.25, 0.3) is 0 Å². The number of halogens is 5. The van der Waals surface area contributed by atoms with Gasteiger partial charge in [-0.3, -0.25) is 9.72 Å². The molecule has 1 aliphatic heterocycles. The van der Waals surface area contributed by atoms with Crippen molar-refractivity contribution >= 4 is 26.0 Å². The molecule has 1 rings (SSSR count). The summed E-state index contributed by atoms with van der Waals surface area (Å²) in [5.41, 5.74) is 0. The van der Waals surface area contributed by atoms with Crippen molar-refractivity contribution < 1.29 is 22.0 Å². The van der Waals surface area contributed by atoms with Crippen LogP contribution in [0, 0.1) is 0 Å². The van der Waals surface area contributed by atoms with Crippen LogP contribution >= 0.6 is 26.0 Å². The van der Waals surface area contributed by atoms with Crippen molar-refractivity contribution in [2.45, 2.75) is 12.2 Å². The molecule has 14 heavy (non-hydrogen) atoms. The monoisotopic (exact) mass is 273 g/mol. The van der Waals surface area contributed by atoms with E-state index in [1.165, 1.54) is 6.66 Å². The highest BCUT2D eigenvalue weighted by molar-refractivity contribution is 7.72. The minimum atomic E-state index is -5.53. The van der Waals surface area contributed by atoms with E-state index in [4.69, 9.17) is 0 Å². The third kappa shape index (κ3) is 2.49. The Bertz CT molecular complexity index is 210. The molecule has 0 saturated carbocycles. The lowest BCUT2D eigenvalue weighted by molar-refractivity contribution is -0.307. The molecule has 0 aliphatic carbocycles. The molecule has 84 valence electrons. The normalized spacial score (nSPS) is 30.0. The summed E-state index contributed by atoms with van der Waals surface area (Å²) in [6.07, 6.45) is -5.53. The Kier molecular flexibility index (Phi) is 4.02. The molecule has 0 aromatic rings. The van der Waals surface area contributed by atoms with E-state index in [-0.39, 0.29) is 13.3 Å². The maximum absolute atomic E-state index is 12.8. The van der Waals surface area contributed by atoms with Crippen molar-refractivity contribution in [3.05, 3.63) is 0 Å². The first-order valence-corrected chi connectivity index (χ1v) is 6.95. The van der Waals surface area contributed by atoms with Crippen LogP contribution in [0.3, 0.4) is 0 Å². The zero-order chi connectivity index (χ0) is 11.0. The first kappa shape index (κ1) is 12.9. The van der Waals surface area contributed by atoms with Crippen LogP contribution in [-0.4, -0.2) is 23.3 Å². The lowest BCUT2D eigenvalue weighted by Gasteiger charge is -2.38. The number of rotatable bonds is 1. The van der Waals surface area contributed by atoms with Gasteiger partial charge >= 0.3 is 12.2 Å². The Morgan fingerprint density at radius 1 is 1.21 bits per heavy atom. The van der Waals surface area contributed by atoms with Crippen molar-refractivity contribution in [1.82, 2.24) is 14.2 Å². The average Bonchev–Trinajstić information content (AvgIpc) is 2.02. The van der Waals surface area contributed by atoms with Crippen LogP contribution in [0.15, 0.2) is 0 Å². The Hall–Kier alpha value is 0.820. The number of nitrogens with one attached hydrogen (secondary N) is 2. The van der Waals surface area contributed by atoms with Gasteiger partial charge in [-0.25, -0.2) is 0 Å². The summed E-state index contributed by atoms with van der Waals surface area (Å²) in [7, 11) is -2.31. The number of hydrogen-bond donors (Lipinski definition) is 2. The number of hydrogen-bond acceptors (Lipinski definition) is 3.